The summed E-state index contributed by atoms with van der Waals surface area (Å²) in [6, 6.07) is 15.1. The molecule has 0 atom stereocenters. The van der Waals surface area contributed by atoms with E-state index in [-0.39, 0.29) is 12.2 Å². The van der Waals surface area contributed by atoms with Crippen LogP contribution in [0.2, 0.25) is 0 Å². The Morgan fingerprint density at radius 2 is 1.83 bits per heavy atom. The number of carbonyl (C=O) groups is 3. The number of carbonyl (C=O) groups excluding carboxylic acids is 2. The van der Waals surface area contributed by atoms with E-state index in [0.29, 0.717) is 11.3 Å². The first kappa shape index (κ1) is 16.9. The Hall–Kier alpha value is -3.46. The molecule has 6 heteroatoms. The van der Waals surface area contributed by atoms with Crippen LogP contribution in [0.4, 0.5) is 0 Å². The lowest BCUT2D eigenvalue weighted by molar-refractivity contribution is -0.148. The van der Waals surface area contributed by atoms with E-state index in [4.69, 9.17) is 15.1 Å². The number of nitrogens with zero attached hydrogens (tertiary/aromatic N) is 1. The first-order valence-electron chi connectivity index (χ1n) is 7.01. The summed E-state index contributed by atoms with van der Waals surface area (Å²) in [5.74, 6) is -2.96. The van der Waals surface area contributed by atoms with Gasteiger partial charge in [-0.1, -0.05) is 24.3 Å². The van der Waals surface area contributed by atoms with Crippen LogP contribution in [-0.2, 0) is 16.2 Å². The molecule has 0 aliphatic carbocycles. The standard InChI is InChI=1S/C18H13NO5/c19-10-12-3-1-4-13(7-12)11-24-15-6-2-5-14(8-15)16(20)9-17(21)18(22)23/h1-8H,9,11H2,(H,22,23). The maximum Gasteiger partial charge on any atom is 0.372 e. The lowest BCUT2D eigenvalue weighted by Crippen LogP contribution is -2.17. The Morgan fingerprint density at radius 3 is 2.54 bits per heavy atom. The zero-order valence-electron chi connectivity index (χ0n) is 12.6. The summed E-state index contributed by atoms with van der Waals surface area (Å²) in [5, 5.41) is 17.4. The number of hydrogen-bond acceptors (Lipinski definition) is 5. The highest BCUT2D eigenvalue weighted by atomic mass is 16.5. The number of Topliss-reactive ketones (excluding diaryl/α,β-unsaturated/α-hetero) is 2. The van der Waals surface area contributed by atoms with Crippen LogP contribution in [0.15, 0.2) is 48.5 Å². The van der Waals surface area contributed by atoms with Crippen LogP contribution in [0.1, 0.15) is 27.9 Å². The molecule has 0 spiro atoms. The highest BCUT2D eigenvalue weighted by Crippen LogP contribution is 2.17. The van der Waals surface area contributed by atoms with Crippen LogP contribution in [0.3, 0.4) is 0 Å². The van der Waals surface area contributed by atoms with Gasteiger partial charge in [-0.05, 0) is 29.8 Å². The summed E-state index contributed by atoms with van der Waals surface area (Å²) < 4.78 is 5.57. The van der Waals surface area contributed by atoms with Crippen molar-refractivity contribution in [2.75, 3.05) is 0 Å². The summed E-state index contributed by atoms with van der Waals surface area (Å²) in [4.78, 5) is 33.5. The molecule has 0 bridgehead atoms. The lowest BCUT2D eigenvalue weighted by Gasteiger charge is -2.08. The normalized spacial score (nSPS) is 9.79. The molecule has 6 nitrogen and oxygen atoms in total. The molecule has 0 saturated carbocycles. The minimum absolute atomic E-state index is 0.202. The lowest BCUT2D eigenvalue weighted by atomic mass is 10.1. The van der Waals surface area contributed by atoms with Gasteiger partial charge in [0, 0.05) is 5.56 Å². The van der Waals surface area contributed by atoms with E-state index in [1.165, 1.54) is 12.1 Å². The van der Waals surface area contributed by atoms with E-state index in [1.807, 2.05) is 6.07 Å². The van der Waals surface area contributed by atoms with E-state index in [1.54, 1.807) is 36.4 Å². The van der Waals surface area contributed by atoms with Crippen molar-refractivity contribution in [3.05, 3.63) is 65.2 Å². The van der Waals surface area contributed by atoms with Crippen molar-refractivity contribution in [1.82, 2.24) is 0 Å². The van der Waals surface area contributed by atoms with Crippen molar-refractivity contribution in [1.29, 1.82) is 5.26 Å². The second-order valence-corrected chi connectivity index (χ2v) is 4.96. The van der Waals surface area contributed by atoms with Gasteiger partial charge in [0.25, 0.3) is 0 Å². The Kier molecular flexibility index (Phi) is 5.42. The fourth-order valence-corrected chi connectivity index (χ4v) is 1.98. The number of carboxylic acids is 1. The maximum atomic E-state index is 11.9. The molecule has 2 rings (SSSR count). The highest BCUT2D eigenvalue weighted by molar-refractivity contribution is 6.37. The topological polar surface area (TPSA) is 104 Å². The van der Waals surface area contributed by atoms with Gasteiger partial charge in [-0.25, -0.2) is 4.79 Å². The third kappa shape index (κ3) is 4.52. The van der Waals surface area contributed by atoms with Crippen LogP contribution < -0.4 is 4.74 Å². The second kappa shape index (κ2) is 7.70. The zero-order chi connectivity index (χ0) is 17.5. The van der Waals surface area contributed by atoms with Gasteiger partial charge < -0.3 is 9.84 Å². The van der Waals surface area contributed by atoms with E-state index in [9.17, 15) is 14.4 Å². The molecule has 0 aliphatic heterocycles. The van der Waals surface area contributed by atoms with Gasteiger partial charge in [-0.2, -0.15) is 5.26 Å². The average Bonchev–Trinajstić information content (AvgIpc) is 2.60. The van der Waals surface area contributed by atoms with Crippen molar-refractivity contribution >= 4 is 17.5 Å². The van der Waals surface area contributed by atoms with Gasteiger partial charge in [0.2, 0.25) is 5.78 Å². The second-order valence-electron chi connectivity index (χ2n) is 4.96. The molecule has 0 unspecified atom stereocenters. The van der Waals surface area contributed by atoms with Gasteiger partial charge in [0.05, 0.1) is 18.1 Å². The molecule has 24 heavy (non-hydrogen) atoms. The van der Waals surface area contributed by atoms with Gasteiger partial charge >= 0.3 is 5.97 Å². The molecular weight excluding hydrogens is 310 g/mol. The van der Waals surface area contributed by atoms with Crippen LogP contribution in [0.25, 0.3) is 0 Å². The third-order valence-electron chi connectivity index (χ3n) is 3.18. The molecule has 0 heterocycles. The average molecular weight is 323 g/mol. The summed E-state index contributed by atoms with van der Waals surface area (Å²) in [7, 11) is 0. The van der Waals surface area contributed by atoms with E-state index in [0.717, 1.165) is 5.56 Å². The smallest absolute Gasteiger partial charge is 0.372 e. The van der Waals surface area contributed by atoms with Crippen molar-refractivity contribution < 1.29 is 24.2 Å². The largest absolute Gasteiger partial charge is 0.489 e. The predicted molar refractivity (Wildman–Crippen MR) is 83.5 cm³/mol. The number of hydrogen-bond donors (Lipinski definition) is 1. The minimum atomic E-state index is -1.63. The number of carboxylic acid groups (broad SMARTS) is 1. The predicted octanol–water partition coefficient (Wildman–Crippen LogP) is 2.36. The molecule has 0 radical (unpaired) electrons. The Labute approximate surface area is 137 Å². The summed E-state index contributed by atoms with van der Waals surface area (Å²) in [6.07, 6.45) is -0.691. The molecule has 0 aromatic heterocycles. The van der Waals surface area contributed by atoms with Crippen LogP contribution in [0, 0.1) is 11.3 Å². The molecule has 0 aliphatic rings. The van der Waals surface area contributed by atoms with Crippen LogP contribution in [-0.4, -0.2) is 22.6 Å². The Morgan fingerprint density at radius 1 is 1.08 bits per heavy atom. The van der Waals surface area contributed by atoms with Crippen molar-refractivity contribution in [3.8, 4) is 11.8 Å². The fraction of sp³-hybridized carbons (Fsp3) is 0.111. The number of aliphatic carboxylic acids is 1. The SMILES string of the molecule is N#Cc1cccc(COc2cccc(C(=O)CC(=O)C(=O)O)c2)c1. The third-order valence-corrected chi connectivity index (χ3v) is 3.18. The molecule has 0 fully saturated rings. The molecule has 2 aromatic carbocycles. The van der Waals surface area contributed by atoms with E-state index >= 15 is 0 Å². The quantitative estimate of drug-likeness (QED) is 0.476. The molecule has 2 aromatic rings. The summed E-state index contributed by atoms with van der Waals surface area (Å²) in [5.41, 5.74) is 1.52. The summed E-state index contributed by atoms with van der Waals surface area (Å²) >= 11 is 0. The first-order chi connectivity index (χ1) is 11.5. The Bertz CT molecular complexity index is 835. The molecule has 1 N–H and O–H groups in total. The number of ketones is 2. The van der Waals surface area contributed by atoms with Gasteiger partial charge in [-0.3, -0.25) is 9.59 Å². The number of benzene rings is 2. The zero-order valence-corrected chi connectivity index (χ0v) is 12.6. The van der Waals surface area contributed by atoms with Gasteiger partial charge in [0.1, 0.15) is 12.4 Å². The van der Waals surface area contributed by atoms with E-state index < -0.39 is 24.0 Å². The monoisotopic (exact) mass is 323 g/mol. The molecular formula is C18H13NO5. The van der Waals surface area contributed by atoms with Gasteiger partial charge in [0.15, 0.2) is 5.78 Å². The molecule has 0 saturated heterocycles. The van der Waals surface area contributed by atoms with Crippen LogP contribution in [0.5, 0.6) is 5.75 Å². The van der Waals surface area contributed by atoms with Gasteiger partial charge in [-0.15, -0.1) is 0 Å². The number of rotatable bonds is 7. The van der Waals surface area contributed by atoms with E-state index in [2.05, 4.69) is 0 Å². The Balaban J connectivity index is 2.04. The van der Waals surface area contributed by atoms with Crippen molar-refractivity contribution in [3.63, 3.8) is 0 Å². The molecule has 120 valence electrons. The van der Waals surface area contributed by atoms with Crippen molar-refractivity contribution in [2.45, 2.75) is 13.0 Å². The van der Waals surface area contributed by atoms with Crippen LogP contribution >= 0.6 is 0 Å². The number of ether oxygens (including phenoxy) is 1. The van der Waals surface area contributed by atoms with Crippen molar-refractivity contribution in [2.24, 2.45) is 0 Å². The summed E-state index contributed by atoms with van der Waals surface area (Å²) in [6.45, 7) is 0.210. The highest BCUT2D eigenvalue weighted by Gasteiger charge is 2.18. The fourth-order valence-electron chi connectivity index (χ4n) is 1.98. The first-order valence-corrected chi connectivity index (χ1v) is 7.01. The number of nitriles is 1. The minimum Gasteiger partial charge on any atom is -0.489 e. The molecule has 0 amide bonds. The maximum absolute atomic E-state index is 11.9.